The van der Waals surface area contributed by atoms with Gasteiger partial charge >= 0.3 is 5.97 Å². The van der Waals surface area contributed by atoms with Gasteiger partial charge in [0.2, 0.25) is 15.9 Å². The zero-order chi connectivity index (χ0) is 15.3. The summed E-state index contributed by atoms with van der Waals surface area (Å²) in [5.41, 5.74) is 0.403. The molecule has 1 amide bonds. The van der Waals surface area contributed by atoms with Gasteiger partial charge in [-0.1, -0.05) is 30.3 Å². The lowest BCUT2D eigenvalue weighted by molar-refractivity contribution is -0.142. The second kappa shape index (κ2) is 6.49. The topological polar surface area (TPSA) is 113 Å². The molecule has 1 rings (SSSR count). The van der Waals surface area contributed by atoms with Crippen molar-refractivity contribution >= 4 is 21.9 Å². The molecule has 0 aliphatic heterocycles. The molecule has 0 aromatic heterocycles. The standard InChI is InChI=1S/C12H16N2O5S/c1-8(14-20(2,18)19)11(15)13-10(12(16)17)9-6-4-3-5-7-9/h3-8,10,14H,1-2H3,(H,13,15)(H,16,17)/t8?,10-/m1/s1. The van der Waals surface area contributed by atoms with Crippen molar-refractivity contribution in [1.82, 2.24) is 10.0 Å². The van der Waals surface area contributed by atoms with Gasteiger partial charge in [0.15, 0.2) is 6.04 Å². The van der Waals surface area contributed by atoms with Gasteiger partial charge in [-0.15, -0.1) is 0 Å². The molecule has 7 nitrogen and oxygen atoms in total. The van der Waals surface area contributed by atoms with E-state index in [-0.39, 0.29) is 0 Å². The number of carboxylic acid groups (broad SMARTS) is 1. The fourth-order valence-electron chi connectivity index (χ4n) is 1.58. The van der Waals surface area contributed by atoms with Gasteiger partial charge in [-0.2, -0.15) is 0 Å². The Kier molecular flexibility index (Phi) is 5.23. The molecule has 0 heterocycles. The van der Waals surface area contributed by atoms with E-state index < -0.39 is 34.0 Å². The van der Waals surface area contributed by atoms with Crippen molar-refractivity contribution < 1.29 is 23.1 Å². The Morgan fingerprint density at radius 2 is 1.75 bits per heavy atom. The quantitative estimate of drug-likeness (QED) is 0.677. The van der Waals surface area contributed by atoms with Gasteiger partial charge in [0.25, 0.3) is 0 Å². The lowest BCUT2D eigenvalue weighted by atomic mass is 10.1. The molecular formula is C12H16N2O5S. The highest BCUT2D eigenvalue weighted by molar-refractivity contribution is 7.88. The fourth-order valence-corrected chi connectivity index (χ4v) is 2.32. The van der Waals surface area contributed by atoms with Crippen LogP contribution in [0.5, 0.6) is 0 Å². The summed E-state index contributed by atoms with van der Waals surface area (Å²) >= 11 is 0. The zero-order valence-electron chi connectivity index (χ0n) is 11.0. The van der Waals surface area contributed by atoms with Crippen molar-refractivity contribution in [1.29, 1.82) is 0 Å². The molecular weight excluding hydrogens is 284 g/mol. The lowest BCUT2D eigenvalue weighted by Gasteiger charge is -2.18. The van der Waals surface area contributed by atoms with E-state index in [9.17, 15) is 18.0 Å². The Morgan fingerprint density at radius 1 is 1.20 bits per heavy atom. The monoisotopic (exact) mass is 300 g/mol. The van der Waals surface area contributed by atoms with Crippen molar-refractivity contribution in [2.45, 2.75) is 19.0 Å². The van der Waals surface area contributed by atoms with Crippen LogP contribution >= 0.6 is 0 Å². The van der Waals surface area contributed by atoms with Gasteiger partial charge < -0.3 is 10.4 Å². The summed E-state index contributed by atoms with van der Waals surface area (Å²) in [6.45, 7) is 1.33. The third kappa shape index (κ3) is 4.98. The summed E-state index contributed by atoms with van der Waals surface area (Å²) in [5.74, 6) is -1.94. The number of carbonyl (C=O) groups excluding carboxylic acids is 1. The molecule has 0 spiro atoms. The van der Waals surface area contributed by atoms with Crippen molar-refractivity contribution in [3.63, 3.8) is 0 Å². The van der Waals surface area contributed by atoms with Crippen LogP contribution in [0.4, 0.5) is 0 Å². The highest BCUT2D eigenvalue weighted by atomic mass is 32.2. The summed E-state index contributed by atoms with van der Waals surface area (Å²) < 4.78 is 24.1. The van der Waals surface area contributed by atoms with E-state index in [0.29, 0.717) is 5.56 Å². The maximum atomic E-state index is 11.8. The Bertz CT molecular complexity index is 585. The molecule has 1 unspecified atom stereocenters. The zero-order valence-corrected chi connectivity index (χ0v) is 11.8. The molecule has 20 heavy (non-hydrogen) atoms. The molecule has 0 aliphatic rings. The summed E-state index contributed by atoms with van der Waals surface area (Å²) in [4.78, 5) is 23.0. The van der Waals surface area contributed by atoms with Crippen molar-refractivity contribution in [2.75, 3.05) is 6.26 Å². The van der Waals surface area contributed by atoms with E-state index in [1.807, 2.05) is 0 Å². The predicted molar refractivity (Wildman–Crippen MR) is 72.4 cm³/mol. The first-order valence-corrected chi connectivity index (χ1v) is 7.65. The van der Waals surface area contributed by atoms with Gasteiger partial charge in [0.05, 0.1) is 12.3 Å². The Balaban J connectivity index is 2.82. The number of hydrogen-bond acceptors (Lipinski definition) is 4. The minimum atomic E-state index is -3.55. The van der Waals surface area contributed by atoms with Crippen LogP contribution in [-0.4, -0.2) is 37.7 Å². The Morgan fingerprint density at radius 3 is 2.20 bits per heavy atom. The van der Waals surface area contributed by atoms with E-state index in [1.165, 1.54) is 6.92 Å². The van der Waals surface area contributed by atoms with Crippen LogP contribution in [0.3, 0.4) is 0 Å². The summed E-state index contributed by atoms with van der Waals surface area (Å²) in [6.07, 6.45) is 0.919. The van der Waals surface area contributed by atoms with Crippen LogP contribution in [0.25, 0.3) is 0 Å². The maximum Gasteiger partial charge on any atom is 0.330 e. The molecule has 0 aliphatic carbocycles. The average Bonchev–Trinajstić information content (AvgIpc) is 2.34. The molecule has 2 atom stereocenters. The van der Waals surface area contributed by atoms with Crippen LogP contribution in [0.2, 0.25) is 0 Å². The minimum absolute atomic E-state index is 0.403. The summed E-state index contributed by atoms with van der Waals surface area (Å²) in [5, 5.41) is 11.4. The van der Waals surface area contributed by atoms with E-state index in [0.717, 1.165) is 6.26 Å². The first-order valence-electron chi connectivity index (χ1n) is 5.76. The highest BCUT2D eigenvalue weighted by Crippen LogP contribution is 2.12. The smallest absolute Gasteiger partial charge is 0.330 e. The van der Waals surface area contributed by atoms with Crippen LogP contribution in [0.1, 0.15) is 18.5 Å². The molecule has 8 heteroatoms. The molecule has 0 saturated carbocycles. The number of aliphatic carboxylic acids is 1. The highest BCUT2D eigenvalue weighted by Gasteiger charge is 2.25. The number of carboxylic acids is 1. The van der Waals surface area contributed by atoms with Gasteiger partial charge in [-0.3, -0.25) is 4.79 Å². The van der Waals surface area contributed by atoms with Crippen LogP contribution in [0.15, 0.2) is 30.3 Å². The van der Waals surface area contributed by atoms with Crippen molar-refractivity contribution in [3.05, 3.63) is 35.9 Å². The minimum Gasteiger partial charge on any atom is -0.479 e. The summed E-state index contributed by atoms with van der Waals surface area (Å²) in [7, 11) is -3.55. The van der Waals surface area contributed by atoms with Gasteiger partial charge in [0.1, 0.15) is 0 Å². The Labute approximate surface area is 117 Å². The lowest BCUT2D eigenvalue weighted by Crippen LogP contribution is -2.46. The van der Waals surface area contributed by atoms with E-state index in [2.05, 4.69) is 10.0 Å². The number of sulfonamides is 1. The molecule has 1 aromatic carbocycles. The molecule has 110 valence electrons. The number of amides is 1. The van der Waals surface area contributed by atoms with Crippen molar-refractivity contribution in [2.24, 2.45) is 0 Å². The van der Waals surface area contributed by atoms with Crippen LogP contribution in [-0.2, 0) is 19.6 Å². The largest absolute Gasteiger partial charge is 0.479 e. The molecule has 0 radical (unpaired) electrons. The van der Waals surface area contributed by atoms with Crippen LogP contribution in [0, 0.1) is 0 Å². The number of nitrogens with one attached hydrogen (secondary N) is 2. The maximum absolute atomic E-state index is 11.8. The van der Waals surface area contributed by atoms with Crippen molar-refractivity contribution in [3.8, 4) is 0 Å². The van der Waals surface area contributed by atoms with E-state index in [1.54, 1.807) is 30.3 Å². The van der Waals surface area contributed by atoms with Crippen LogP contribution < -0.4 is 10.0 Å². The number of benzene rings is 1. The molecule has 0 fully saturated rings. The number of hydrogen-bond donors (Lipinski definition) is 3. The third-order valence-corrected chi connectivity index (χ3v) is 3.23. The second-order valence-electron chi connectivity index (χ2n) is 4.30. The molecule has 3 N–H and O–H groups in total. The SMILES string of the molecule is CC(NS(C)(=O)=O)C(=O)N[C@@H](C(=O)O)c1ccccc1. The van der Waals surface area contributed by atoms with Gasteiger partial charge in [-0.05, 0) is 12.5 Å². The number of rotatable bonds is 6. The fraction of sp³-hybridized carbons (Fsp3) is 0.333. The molecule has 1 aromatic rings. The van der Waals surface area contributed by atoms with E-state index >= 15 is 0 Å². The van der Waals surface area contributed by atoms with E-state index in [4.69, 9.17) is 5.11 Å². The third-order valence-electron chi connectivity index (χ3n) is 2.45. The average molecular weight is 300 g/mol. The molecule has 0 bridgehead atoms. The normalized spacial score (nSPS) is 14.3. The predicted octanol–water partition coefficient (Wildman–Crippen LogP) is -0.134. The molecule has 0 saturated heterocycles. The van der Waals surface area contributed by atoms with Gasteiger partial charge in [-0.25, -0.2) is 17.9 Å². The number of carbonyl (C=O) groups is 2. The van der Waals surface area contributed by atoms with Gasteiger partial charge in [0, 0.05) is 0 Å². The first-order chi connectivity index (χ1) is 9.20. The summed E-state index contributed by atoms with van der Waals surface area (Å²) in [6, 6.07) is 5.85. The second-order valence-corrected chi connectivity index (χ2v) is 6.08. The Hall–Kier alpha value is -1.93. The first kappa shape index (κ1) is 16.1.